The summed E-state index contributed by atoms with van der Waals surface area (Å²) in [4.78, 5) is 13.8. The molecule has 0 radical (unpaired) electrons. The van der Waals surface area contributed by atoms with Crippen LogP contribution in [-0.2, 0) is 0 Å². The van der Waals surface area contributed by atoms with Crippen LogP contribution in [0.3, 0.4) is 0 Å². The fourth-order valence-corrected chi connectivity index (χ4v) is 9.68. The molecule has 0 aliphatic heterocycles. The fraction of sp³-hybridized carbons (Fsp3) is 0. The molecular weight excluding hydrogens is 799 g/mol. The third kappa shape index (κ3) is 6.86. The quantitative estimate of drug-likeness (QED) is 0.0909. The van der Waals surface area contributed by atoms with Gasteiger partial charge in [0.2, 0.25) is 0 Å². The van der Waals surface area contributed by atoms with Crippen LogP contribution in [0.2, 0.25) is 0 Å². The van der Waals surface area contributed by atoms with Crippen molar-refractivity contribution in [1.82, 2.24) is 9.97 Å². The molecule has 0 atom stereocenters. The van der Waals surface area contributed by atoms with Crippen LogP contribution in [0.5, 0.6) is 0 Å². The van der Waals surface area contributed by atoms with Gasteiger partial charge in [-0.05, 0) is 99.7 Å². The van der Waals surface area contributed by atoms with Crippen molar-refractivity contribution < 1.29 is 0 Å². The van der Waals surface area contributed by atoms with Gasteiger partial charge in [0, 0.05) is 16.7 Å². The first-order chi connectivity index (χ1) is 32.7. The van der Waals surface area contributed by atoms with Crippen LogP contribution in [0.25, 0.3) is 126 Å². The average Bonchev–Trinajstić information content (AvgIpc) is 3.40. The first kappa shape index (κ1) is 38.7. The monoisotopic (exact) mass is 837 g/mol. The molecule has 0 fully saturated rings. The Morgan fingerprint density at radius 2 is 0.818 bits per heavy atom. The molecule has 306 valence electrons. The summed E-state index contributed by atoms with van der Waals surface area (Å²) in [5.41, 5.74) is 14.5. The number of rotatable bonds is 7. The summed E-state index contributed by atoms with van der Waals surface area (Å²) in [7, 11) is 0. The molecule has 0 spiro atoms. The summed E-state index contributed by atoms with van der Waals surface area (Å²) in [6.45, 7) is 7.42. The van der Waals surface area contributed by atoms with Crippen LogP contribution in [0, 0.1) is 6.57 Å². The van der Waals surface area contributed by atoms with Crippen molar-refractivity contribution in [1.29, 1.82) is 0 Å². The molecule has 3 nitrogen and oxygen atoms in total. The number of hydrogen-bond acceptors (Lipinski definition) is 2. The molecule has 1 heterocycles. The van der Waals surface area contributed by atoms with Gasteiger partial charge in [-0.3, -0.25) is 0 Å². The highest BCUT2D eigenvalue weighted by Gasteiger charge is 2.18. The van der Waals surface area contributed by atoms with Gasteiger partial charge in [-0.25, -0.2) is 14.8 Å². The van der Waals surface area contributed by atoms with Crippen molar-refractivity contribution in [2.45, 2.75) is 0 Å². The van der Waals surface area contributed by atoms with Crippen molar-refractivity contribution >= 4 is 48.8 Å². The smallest absolute Gasteiger partial charge is 0.187 e. The zero-order chi connectivity index (χ0) is 44.0. The van der Waals surface area contributed by atoms with Gasteiger partial charge in [0.05, 0.1) is 18.0 Å². The molecule has 0 unspecified atom stereocenters. The lowest BCUT2D eigenvalue weighted by Crippen LogP contribution is -1.97. The Labute approximate surface area is 383 Å². The lowest BCUT2D eigenvalue weighted by molar-refractivity contribution is 1.18. The van der Waals surface area contributed by atoms with Crippen LogP contribution in [0.4, 0.5) is 5.69 Å². The highest BCUT2D eigenvalue weighted by atomic mass is 14.9. The van der Waals surface area contributed by atoms with Crippen LogP contribution >= 0.6 is 0 Å². The summed E-state index contributed by atoms with van der Waals surface area (Å²) < 4.78 is 0. The Morgan fingerprint density at radius 1 is 0.288 bits per heavy atom. The van der Waals surface area contributed by atoms with Gasteiger partial charge in [0.25, 0.3) is 0 Å². The minimum absolute atomic E-state index is 0.617. The van der Waals surface area contributed by atoms with Gasteiger partial charge in [0.15, 0.2) is 11.5 Å². The molecule has 0 aliphatic rings. The number of aromatic nitrogens is 2. The van der Waals surface area contributed by atoms with E-state index < -0.39 is 0 Å². The van der Waals surface area contributed by atoms with Crippen LogP contribution in [0.15, 0.2) is 237 Å². The molecule has 12 aromatic rings. The van der Waals surface area contributed by atoms with Crippen LogP contribution < -0.4 is 0 Å². The fourth-order valence-electron chi connectivity index (χ4n) is 9.68. The normalized spacial score (nSPS) is 11.3. The van der Waals surface area contributed by atoms with E-state index in [1.54, 1.807) is 0 Å². The highest BCUT2D eigenvalue weighted by Crippen LogP contribution is 2.44. The number of nitrogens with zero attached hydrogens (tertiary/aromatic N) is 3. The molecular formula is C63H39N3. The van der Waals surface area contributed by atoms with E-state index in [-0.39, 0.29) is 0 Å². The lowest BCUT2D eigenvalue weighted by Gasteiger charge is -2.17. The third-order valence-electron chi connectivity index (χ3n) is 12.9. The molecule has 0 aliphatic carbocycles. The second-order valence-corrected chi connectivity index (χ2v) is 16.7. The zero-order valence-electron chi connectivity index (χ0n) is 35.9. The summed E-state index contributed by atoms with van der Waals surface area (Å²) in [5.74, 6) is 0.667. The van der Waals surface area contributed by atoms with Crippen LogP contribution in [-0.4, -0.2) is 9.97 Å². The Kier molecular flexibility index (Phi) is 9.55. The number of hydrogen-bond donors (Lipinski definition) is 0. The van der Waals surface area contributed by atoms with Gasteiger partial charge < -0.3 is 0 Å². The van der Waals surface area contributed by atoms with E-state index in [2.05, 4.69) is 187 Å². The van der Waals surface area contributed by atoms with Gasteiger partial charge in [0.1, 0.15) is 0 Å². The van der Waals surface area contributed by atoms with Crippen molar-refractivity contribution in [3.8, 4) is 78.4 Å². The first-order valence-electron chi connectivity index (χ1n) is 22.3. The summed E-state index contributed by atoms with van der Waals surface area (Å²) in [6.07, 6.45) is 0. The van der Waals surface area contributed by atoms with E-state index >= 15 is 0 Å². The predicted molar refractivity (Wildman–Crippen MR) is 276 cm³/mol. The maximum Gasteiger partial charge on any atom is 0.187 e. The minimum atomic E-state index is 0.617. The largest absolute Gasteiger partial charge is 0.238 e. The molecule has 3 heteroatoms. The van der Waals surface area contributed by atoms with E-state index in [1.807, 2.05) is 54.6 Å². The van der Waals surface area contributed by atoms with Crippen LogP contribution in [0.1, 0.15) is 0 Å². The Morgan fingerprint density at radius 3 is 1.55 bits per heavy atom. The lowest BCUT2D eigenvalue weighted by atomic mass is 9.86. The van der Waals surface area contributed by atoms with Crippen molar-refractivity contribution in [3.05, 3.63) is 248 Å². The van der Waals surface area contributed by atoms with Crippen molar-refractivity contribution in [2.24, 2.45) is 0 Å². The molecule has 11 aromatic carbocycles. The second-order valence-electron chi connectivity index (χ2n) is 16.7. The SMILES string of the molecule is [C-]#[N+]c1ccc(-c2ccccc2-c2cc(-c3ccc(-c4ccc(-c5ccc(-c6c7ccccc7cc7c6ccc6ccccc67)c6ccccc56)cc4)cc3)nc(-c3ccccc3)n2)cc1. The Balaban J connectivity index is 0.895. The molecule has 0 amide bonds. The third-order valence-corrected chi connectivity index (χ3v) is 12.9. The summed E-state index contributed by atoms with van der Waals surface area (Å²) in [5, 5.41) is 10.0. The van der Waals surface area contributed by atoms with Gasteiger partial charge >= 0.3 is 0 Å². The molecule has 0 saturated carbocycles. The Bertz CT molecular complexity index is 3850. The van der Waals surface area contributed by atoms with Crippen molar-refractivity contribution in [3.63, 3.8) is 0 Å². The maximum atomic E-state index is 7.42. The standard InChI is InChI=1S/C63H39N3/c1-64-49-34-31-45(32-35-49)50-17-9-12-22-56(50)61-40-60(65-63(66-61)47-14-3-2-4-15-47)46-29-25-42(26-30-46)41-23-27-44(28-24-41)52-37-38-57(55-21-11-10-20-54(52)55)62-53-19-8-6-16-48(53)39-59-51-18-7-5-13-43(51)33-36-58(59)62/h2-40H. The molecule has 0 bridgehead atoms. The molecule has 0 saturated heterocycles. The van der Waals surface area contributed by atoms with Gasteiger partial charge in [-0.2, -0.15) is 0 Å². The van der Waals surface area contributed by atoms with E-state index in [0.29, 0.717) is 11.5 Å². The number of benzene rings is 11. The second kappa shape index (κ2) is 16.3. The first-order valence-corrected chi connectivity index (χ1v) is 22.3. The minimum Gasteiger partial charge on any atom is -0.238 e. The number of fused-ring (bicyclic) bond motifs is 5. The molecule has 1 aromatic heterocycles. The highest BCUT2D eigenvalue weighted by molar-refractivity contribution is 6.23. The Hall–Kier alpha value is -8.97. The van der Waals surface area contributed by atoms with E-state index in [0.717, 1.165) is 50.3 Å². The summed E-state index contributed by atoms with van der Waals surface area (Å²) >= 11 is 0. The predicted octanol–water partition coefficient (Wildman–Crippen LogP) is 17.3. The summed E-state index contributed by atoms with van der Waals surface area (Å²) in [6, 6.07) is 83.8. The molecule has 0 N–H and O–H groups in total. The van der Waals surface area contributed by atoms with E-state index in [9.17, 15) is 0 Å². The average molecular weight is 838 g/mol. The molecule has 66 heavy (non-hydrogen) atoms. The van der Waals surface area contributed by atoms with E-state index in [1.165, 1.54) is 65.3 Å². The van der Waals surface area contributed by atoms with Gasteiger partial charge in [-0.15, -0.1) is 0 Å². The topological polar surface area (TPSA) is 30.1 Å². The van der Waals surface area contributed by atoms with Gasteiger partial charge in [-0.1, -0.05) is 224 Å². The zero-order valence-corrected chi connectivity index (χ0v) is 35.9. The van der Waals surface area contributed by atoms with Crippen molar-refractivity contribution in [2.75, 3.05) is 0 Å². The molecule has 12 rings (SSSR count). The maximum absolute atomic E-state index is 7.42. The van der Waals surface area contributed by atoms with E-state index in [4.69, 9.17) is 16.5 Å².